The normalized spacial score (nSPS) is 18.5. The Morgan fingerprint density at radius 2 is 1.65 bits per heavy atom. The molecule has 1 heterocycles. The second kappa shape index (κ2) is 7.13. The highest BCUT2D eigenvalue weighted by Gasteiger charge is 2.49. The number of amides is 1. The molecule has 0 bridgehead atoms. The predicted molar refractivity (Wildman–Crippen MR) is 88.8 cm³/mol. The van der Waals surface area contributed by atoms with Crippen LogP contribution in [-0.2, 0) is 4.79 Å². The Morgan fingerprint density at radius 3 is 2.04 bits per heavy atom. The smallest absolute Gasteiger partial charge is 0.406 e. The van der Waals surface area contributed by atoms with Crippen molar-refractivity contribution >= 4 is 55.2 Å². The number of rotatable bonds is 3. The van der Waals surface area contributed by atoms with E-state index in [1.54, 1.807) is 0 Å². The number of halogens is 8. The average Bonchev–Trinajstić information content (AvgIpc) is 2.74. The second-order valence-electron chi connectivity index (χ2n) is 4.70. The van der Waals surface area contributed by atoms with E-state index in [9.17, 15) is 31.1 Å². The van der Waals surface area contributed by atoms with Crippen molar-refractivity contribution in [2.75, 3.05) is 4.90 Å². The number of thioether (sulfide) groups is 1. The summed E-state index contributed by atoms with van der Waals surface area (Å²) in [5, 5.41) is 0. The lowest BCUT2D eigenvalue weighted by atomic mass is 10.2. The fraction of sp³-hybridized carbons (Fsp3) is 0.250. The van der Waals surface area contributed by atoms with E-state index in [1.807, 2.05) is 0 Å². The minimum absolute atomic E-state index is 0.186. The number of ether oxygens (including phenoxy) is 1. The number of allylic oxidation sites excluding steroid dienone is 1. The van der Waals surface area contributed by atoms with Crippen molar-refractivity contribution in [1.82, 2.24) is 0 Å². The van der Waals surface area contributed by atoms with Crippen molar-refractivity contribution in [1.29, 1.82) is 0 Å². The second-order valence-corrected chi connectivity index (χ2v) is 7.54. The van der Waals surface area contributed by atoms with Crippen LogP contribution in [0.5, 0.6) is 5.75 Å². The molecule has 4 N–H and O–H groups in total. The van der Waals surface area contributed by atoms with Crippen LogP contribution < -0.4 is 21.1 Å². The van der Waals surface area contributed by atoms with E-state index in [0.717, 1.165) is 12.1 Å². The zero-order valence-corrected chi connectivity index (χ0v) is 16.1. The summed E-state index contributed by atoms with van der Waals surface area (Å²) in [5.41, 5.74) is 7.63. The number of carbonyl (C=O) groups is 1. The molecule has 5 nitrogen and oxygen atoms in total. The van der Waals surface area contributed by atoms with E-state index in [-0.39, 0.29) is 14.6 Å². The molecule has 0 radical (unpaired) electrons. The first kappa shape index (κ1) is 21.2. The summed E-state index contributed by atoms with van der Waals surface area (Å²) in [6, 6.07) is 1.64. The quantitative estimate of drug-likeness (QED) is 0.573. The van der Waals surface area contributed by atoms with Crippen LogP contribution in [0, 0.1) is 0 Å². The lowest BCUT2D eigenvalue weighted by molar-refractivity contribution is -0.274. The largest absolute Gasteiger partial charge is 0.573 e. The van der Waals surface area contributed by atoms with Gasteiger partial charge < -0.3 is 21.1 Å². The van der Waals surface area contributed by atoms with Gasteiger partial charge in [-0.3, -0.25) is 4.79 Å². The van der Waals surface area contributed by atoms with Gasteiger partial charge in [-0.05, 0) is 44.0 Å². The fourth-order valence-electron chi connectivity index (χ4n) is 2.11. The molecule has 1 aliphatic rings. The Balaban J connectivity index is 2.61. The molecule has 1 unspecified atom stereocenters. The lowest BCUT2D eigenvalue weighted by Crippen LogP contribution is -2.40. The van der Waals surface area contributed by atoms with Gasteiger partial charge in [0, 0.05) is 8.95 Å². The third kappa shape index (κ3) is 4.40. The Bertz CT molecular complexity index is 760. The monoisotopic (exact) mass is 529 g/mol. The molecular weight excluding hydrogens is 524 g/mol. The van der Waals surface area contributed by atoms with E-state index >= 15 is 0 Å². The summed E-state index contributed by atoms with van der Waals surface area (Å²) in [4.78, 5) is 11.1. The fourth-order valence-corrected chi connectivity index (χ4v) is 4.64. The number of alkyl halides is 6. The van der Waals surface area contributed by atoms with Crippen molar-refractivity contribution in [2.45, 2.75) is 18.0 Å². The van der Waals surface area contributed by atoms with Crippen LogP contribution in [0.2, 0.25) is 0 Å². The first-order valence-electron chi connectivity index (χ1n) is 6.30. The van der Waals surface area contributed by atoms with Crippen molar-refractivity contribution in [2.24, 2.45) is 11.5 Å². The highest BCUT2D eigenvalue weighted by molar-refractivity contribution is 9.11. The van der Waals surface area contributed by atoms with Crippen LogP contribution in [0.3, 0.4) is 0 Å². The number of primary amides is 1. The maximum absolute atomic E-state index is 13.5. The Kier molecular flexibility index (Phi) is 5.81. The van der Waals surface area contributed by atoms with Gasteiger partial charge in [-0.25, -0.2) is 0 Å². The molecule has 0 saturated heterocycles. The van der Waals surface area contributed by atoms with Gasteiger partial charge in [0.05, 0.1) is 5.69 Å². The average molecular weight is 531 g/mol. The van der Waals surface area contributed by atoms with Gasteiger partial charge in [0.25, 0.3) is 5.91 Å². The molecule has 0 aliphatic carbocycles. The number of nitrogens with zero attached hydrogens (tertiary/aromatic N) is 1. The van der Waals surface area contributed by atoms with Crippen molar-refractivity contribution in [3.8, 4) is 5.75 Å². The van der Waals surface area contributed by atoms with Crippen molar-refractivity contribution in [3.05, 3.63) is 31.7 Å². The molecule has 144 valence electrons. The van der Waals surface area contributed by atoms with E-state index < -0.39 is 40.3 Å². The number of benzene rings is 1. The zero-order valence-electron chi connectivity index (χ0n) is 12.1. The molecule has 0 saturated carbocycles. The maximum Gasteiger partial charge on any atom is 0.573 e. The number of nitrogens with two attached hydrogens (primary N) is 2. The standard InChI is InChI=1S/C12H7Br2F6N3O2S/c13-4-1-3(25-12(18,19)20)2-5(14)6(4)23-8(11(15,16)17)7(9(21)24)26-10(23)22/h1-2,10H,22H2,(H2,21,24). The Labute approximate surface area is 162 Å². The molecule has 1 aliphatic heterocycles. The van der Waals surface area contributed by atoms with Gasteiger partial charge in [0.1, 0.15) is 21.8 Å². The minimum Gasteiger partial charge on any atom is -0.406 e. The summed E-state index contributed by atoms with van der Waals surface area (Å²) in [6.07, 6.45) is -9.98. The van der Waals surface area contributed by atoms with E-state index in [2.05, 4.69) is 36.6 Å². The van der Waals surface area contributed by atoms with E-state index in [1.165, 1.54) is 0 Å². The molecule has 1 atom stereocenters. The number of hydrogen-bond donors (Lipinski definition) is 2. The first-order valence-corrected chi connectivity index (χ1v) is 8.76. The van der Waals surface area contributed by atoms with Crippen LogP contribution >= 0.6 is 43.6 Å². The van der Waals surface area contributed by atoms with Crippen molar-refractivity contribution < 1.29 is 35.9 Å². The Morgan fingerprint density at radius 1 is 1.15 bits per heavy atom. The van der Waals surface area contributed by atoms with E-state index in [4.69, 9.17) is 11.5 Å². The van der Waals surface area contributed by atoms with Crippen LogP contribution in [0.4, 0.5) is 32.0 Å². The predicted octanol–water partition coefficient (Wildman–Crippen LogP) is 4.16. The summed E-state index contributed by atoms with van der Waals surface area (Å²) in [5.74, 6) is -2.00. The number of anilines is 1. The molecule has 1 aromatic carbocycles. The minimum atomic E-state index is -4.99. The van der Waals surface area contributed by atoms with Crippen LogP contribution in [-0.4, -0.2) is 23.9 Å². The highest BCUT2D eigenvalue weighted by Crippen LogP contribution is 2.50. The lowest BCUT2D eigenvalue weighted by Gasteiger charge is -2.29. The molecule has 0 spiro atoms. The van der Waals surface area contributed by atoms with Gasteiger partial charge >= 0.3 is 12.5 Å². The van der Waals surface area contributed by atoms with Crippen molar-refractivity contribution in [3.63, 3.8) is 0 Å². The third-order valence-electron chi connectivity index (χ3n) is 2.91. The summed E-state index contributed by atoms with van der Waals surface area (Å²) < 4.78 is 80.8. The summed E-state index contributed by atoms with van der Waals surface area (Å²) in [7, 11) is 0. The van der Waals surface area contributed by atoms with Gasteiger partial charge in [-0.2, -0.15) is 13.2 Å². The van der Waals surface area contributed by atoms with Crippen LogP contribution in [0.15, 0.2) is 31.7 Å². The highest BCUT2D eigenvalue weighted by atomic mass is 79.9. The molecule has 1 amide bonds. The third-order valence-corrected chi connectivity index (χ3v) is 5.20. The molecule has 0 fully saturated rings. The topological polar surface area (TPSA) is 81.6 Å². The van der Waals surface area contributed by atoms with Gasteiger partial charge in [-0.15, -0.1) is 13.2 Å². The zero-order chi connectivity index (χ0) is 20.0. The first-order chi connectivity index (χ1) is 11.7. The van der Waals surface area contributed by atoms with Crippen LogP contribution in [0.25, 0.3) is 0 Å². The van der Waals surface area contributed by atoms with Gasteiger partial charge in [-0.1, -0.05) is 11.8 Å². The summed E-state index contributed by atoms with van der Waals surface area (Å²) >= 11 is 6.19. The molecule has 26 heavy (non-hydrogen) atoms. The Hall–Kier alpha value is -1.12. The SMILES string of the molecule is NC(=O)C1=C(C(F)(F)F)N(c2c(Br)cc(OC(F)(F)F)cc2Br)C(N)S1. The molecule has 1 aromatic rings. The molecular formula is C12H7Br2F6N3O2S. The van der Waals surface area contributed by atoms with Gasteiger partial charge in [0.15, 0.2) is 0 Å². The number of carbonyl (C=O) groups excluding carboxylic acids is 1. The number of hydrogen-bond acceptors (Lipinski definition) is 5. The van der Waals surface area contributed by atoms with Gasteiger partial charge in [0.2, 0.25) is 0 Å². The summed E-state index contributed by atoms with van der Waals surface area (Å²) in [6.45, 7) is 0. The van der Waals surface area contributed by atoms with Crippen LogP contribution in [0.1, 0.15) is 0 Å². The molecule has 0 aromatic heterocycles. The molecule has 2 rings (SSSR count). The van der Waals surface area contributed by atoms with E-state index in [0.29, 0.717) is 16.7 Å². The maximum atomic E-state index is 13.5. The molecule has 14 heteroatoms.